The number of fused-ring (bicyclic) bond motifs is 5. The monoisotopic (exact) mass is 383 g/mol. The second-order valence-corrected chi connectivity index (χ2v) is 7.99. The van der Waals surface area contributed by atoms with Crippen LogP contribution in [0.3, 0.4) is 0 Å². The number of benzene rings is 3. The number of hydrogen-bond acceptors (Lipinski definition) is 3. The highest BCUT2D eigenvalue weighted by atomic mass is 16.5. The summed E-state index contributed by atoms with van der Waals surface area (Å²) in [6.07, 6.45) is 1.05. The van der Waals surface area contributed by atoms with Gasteiger partial charge in [0.15, 0.2) is 0 Å². The van der Waals surface area contributed by atoms with Gasteiger partial charge in [-0.25, -0.2) is 4.98 Å². The predicted octanol–water partition coefficient (Wildman–Crippen LogP) is 6.10. The minimum Gasteiger partial charge on any atom is -0.494 e. The maximum atomic E-state index is 5.90. The van der Waals surface area contributed by atoms with Crippen LogP contribution < -0.4 is 10.1 Å². The van der Waals surface area contributed by atoms with E-state index in [1.165, 1.54) is 5.56 Å². The van der Waals surface area contributed by atoms with E-state index in [9.17, 15) is 0 Å². The molecule has 0 amide bonds. The van der Waals surface area contributed by atoms with Gasteiger partial charge in [0.2, 0.25) is 0 Å². The van der Waals surface area contributed by atoms with Gasteiger partial charge in [-0.2, -0.15) is 0 Å². The van der Waals surface area contributed by atoms with E-state index in [4.69, 9.17) is 9.72 Å². The number of rotatable bonds is 5. The van der Waals surface area contributed by atoms with E-state index in [0.29, 0.717) is 5.92 Å². The SMILES string of the molecule is CC(C)CCOc1ccc(C2Nc3ccccc3-c3nc4ccccc4n32)cc1. The Balaban J connectivity index is 1.53. The lowest BCUT2D eigenvalue weighted by Crippen LogP contribution is -2.24. The highest BCUT2D eigenvalue weighted by Crippen LogP contribution is 2.40. The lowest BCUT2D eigenvalue weighted by Gasteiger charge is -2.30. The maximum absolute atomic E-state index is 5.90. The Labute approximate surface area is 171 Å². The minimum atomic E-state index is -0.0167. The van der Waals surface area contributed by atoms with Gasteiger partial charge < -0.3 is 10.1 Å². The van der Waals surface area contributed by atoms with Crippen molar-refractivity contribution in [1.29, 1.82) is 0 Å². The average Bonchev–Trinajstić information content (AvgIpc) is 3.13. The predicted molar refractivity (Wildman–Crippen MR) is 118 cm³/mol. The van der Waals surface area contributed by atoms with Gasteiger partial charge in [-0.15, -0.1) is 0 Å². The van der Waals surface area contributed by atoms with Crippen LogP contribution in [0, 0.1) is 5.92 Å². The average molecular weight is 383 g/mol. The van der Waals surface area contributed by atoms with Crippen LogP contribution in [0.15, 0.2) is 72.8 Å². The Morgan fingerprint density at radius 1 is 0.966 bits per heavy atom. The summed E-state index contributed by atoms with van der Waals surface area (Å²) in [5, 5.41) is 3.71. The zero-order valence-corrected chi connectivity index (χ0v) is 16.8. The van der Waals surface area contributed by atoms with E-state index in [-0.39, 0.29) is 6.17 Å². The van der Waals surface area contributed by atoms with Gasteiger partial charge in [0.05, 0.1) is 17.6 Å². The first-order chi connectivity index (χ1) is 14.2. The fourth-order valence-electron chi connectivity index (χ4n) is 3.90. The zero-order valence-electron chi connectivity index (χ0n) is 16.8. The van der Waals surface area contributed by atoms with Crippen molar-refractivity contribution in [3.05, 3.63) is 78.4 Å². The fraction of sp³-hybridized carbons (Fsp3) is 0.240. The van der Waals surface area contributed by atoms with Crippen molar-refractivity contribution >= 4 is 16.7 Å². The van der Waals surface area contributed by atoms with Crippen LogP contribution in [0.4, 0.5) is 5.69 Å². The zero-order chi connectivity index (χ0) is 19.8. The van der Waals surface area contributed by atoms with Crippen molar-refractivity contribution < 1.29 is 4.74 Å². The van der Waals surface area contributed by atoms with E-state index in [2.05, 4.69) is 90.5 Å². The second-order valence-electron chi connectivity index (χ2n) is 7.99. The molecule has 146 valence electrons. The van der Waals surface area contributed by atoms with E-state index in [1.807, 2.05) is 6.07 Å². The molecule has 0 aliphatic carbocycles. The molecular formula is C25H25N3O. The molecule has 1 aliphatic heterocycles. The molecule has 1 aliphatic rings. The molecule has 1 unspecified atom stereocenters. The van der Waals surface area contributed by atoms with Crippen molar-refractivity contribution in [1.82, 2.24) is 9.55 Å². The summed E-state index contributed by atoms with van der Waals surface area (Å²) in [5.74, 6) is 2.57. The Morgan fingerprint density at radius 3 is 2.55 bits per heavy atom. The van der Waals surface area contributed by atoms with E-state index in [1.54, 1.807) is 0 Å². The minimum absolute atomic E-state index is 0.0167. The second kappa shape index (κ2) is 7.28. The summed E-state index contributed by atoms with van der Waals surface area (Å²) < 4.78 is 8.20. The van der Waals surface area contributed by atoms with Crippen LogP contribution in [0.1, 0.15) is 32.0 Å². The van der Waals surface area contributed by atoms with Gasteiger partial charge in [-0.1, -0.05) is 50.2 Å². The van der Waals surface area contributed by atoms with Crippen LogP contribution in [0.5, 0.6) is 5.75 Å². The van der Waals surface area contributed by atoms with Crippen molar-refractivity contribution in [2.45, 2.75) is 26.4 Å². The van der Waals surface area contributed by atoms with Crippen molar-refractivity contribution in [3.8, 4) is 17.1 Å². The Morgan fingerprint density at radius 2 is 1.72 bits per heavy atom. The molecule has 4 aromatic rings. The summed E-state index contributed by atoms with van der Waals surface area (Å²) in [5.41, 5.74) is 5.57. The molecule has 4 heteroatoms. The van der Waals surface area contributed by atoms with Crippen molar-refractivity contribution in [3.63, 3.8) is 0 Å². The molecular weight excluding hydrogens is 358 g/mol. The standard InChI is InChI=1S/C25H25N3O/c1-17(2)15-16-29-19-13-11-18(12-14-19)24-26-21-8-4-3-7-20(21)25-27-22-9-5-6-10-23(22)28(24)25/h3-14,17,24,26H,15-16H2,1-2H3. The van der Waals surface area contributed by atoms with Gasteiger partial charge in [0.1, 0.15) is 17.7 Å². The lowest BCUT2D eigenvalue weighted by molar-refractivity contribution is 0.289. The molecule has 4 nitrogen and oxygen atoms in total. The van der Waals surface area contributed by atoms with E-state index >= 15 is 0 Å². The number of ether oxygens (including phenoxy) is 1. The molecule has 0 spiro atoms. The maximum Gasteiger partial charge on any atom is 0.145 e. The third-order valence-electron chi connectivity index (χ3n) is 5.47. The summed E-state index contributed by atoms with van der Waals surface area (Å²) in [6.45, 7) is 5.18. The summed E-state index contributed by atoms with van der Waals surface area (Å²) in [6, 6.07) is 25.1. The number of hydrogen-bond donors (Lipinski definition) is 1. The number of aromatic nitrogens is 2. The summed E-state index contributed by atoms with van der Waals surface area (Å²) >= 11 is 0. The number of nitrogens with one attached hydrogen (secondary N) is 1. The third-order valence-corrected chi connectivity index (χ3v) is 5.47. The Kier molecular flexibility index (Phi) is 4.47. The molecule has 5 rings (SSSR count). The van der Waals surface area contributed by atoms with Gasteiger partial charge in [-0.3, -0.25) is 4.57 Å². The van der Waals surface area contributed by atoms with Crippen LogP contribution in [0.25, 0.3) is 22.4 Å². The molecule has 0 bridgehead atoms. The fourth-order valence-corrected chi connectivity index (χ4v) is 3.90. The van der Waals surface area contributed by atoms with E-state index in [0.717, 1.165) is 46.9 Å². The smallest absolute Gasteiger partial charge is 0.145 e. The molecule has 1 atom stereocenters. The number of imidazole rings is 1. The third kappa shape index (κ3) is 3.25. The van der Waals surface area contributed by atoms with Crippen LogP contribution in [-0.2, 0) is 0 Å². The van der Waals surface area contributed by atoms with E-state index < -0.39 is 0 Å². The normalized spacial score (nSPS) is 15.1. The number of nitrogens with zero attached hydrogens (tertiary/aromatic N) is 2. The summed E-state index contributed by atoms with van der Waals surface area (Å²) in [7, 11) is 0. The molecule has 1 N–H and O–H groups in total. The highest BCUT2D eigenvalue weighted by Gasteiger charge is 2.27. The summed E-state index contributed by atoms with van der Waals surface area (Å²) in [4.78, 5) is 4.94. The first-order valence-electron chi connectivity index (χ1n) is 10.3. The van der Waals surface area contributed by atoms with Crippen LogP contribution in [0.2, 0.25) is 0 Å². The van der Waals surface area contributed by atoms with Crippen molar-refractivity contribution in [2.24, 2.45) is 5.92 Å². The number of para-hydroxylation sites is 3. The molecule has 0 saturated heterocycles. The van der Waals surface area contributed by atoms with Gasteiger partial charge in [0.25, 0.3) is 0 Å². The first kappa shape index (κ1) is 17.8. The van der Waals surface area contributed by atoms with Crippen LogP contribution >= 0.6 is 0 Å². The number of anilines is 1. The Hall–Kier alpha value is -3.27. The van der Waals surface area contributed by atoms with Crippen LogP contribution in [-0.4, -0.2) is 16.2 Å². The van der Waals surface area contributed by atoms with Gasteiger partial charge in [0, 0.05) is 11.3 Å². The molecule has 1 aromatic heterocycles. The highest BCUT2D eigenvalue weighted by molar-refractivity contribution is 5.86. The topological polar surface area (TPSA) is 39.1 Å². The molecule has 0 radical (unpaired) electrons. The molecule has 3 aromatic carbocycles. The van der Waals surface area contributed by atoms with Crippen molar-refractivity contribution in [2.75, 3.05) is 11.9 Å². The lowest BCUT2D eigenvalue weighted by atomic mass is 10.1. The largest absolute Gasteiger partial charge is 0.494 e. The molecule has 0 fully saturated rings. The molecule has 29 heavy (non-hydrogen) atoms. The Bertz CT molecular complexity index is 1140. The van der Waals surface area contributed by atoms with Gasteiger partial charge >= 0.3 is 0 Å². The molecule has 2 heterocycles. The van der Waals surface area contributed by atoms with Gasteiger partial charge in [-0.05, 0) is 54.3 Å². The quantitative estimate of drug-likeness (QED) is 0.452. The molecule has 0 saturated carbocycles. The first-order valence-corrected chi connectivity index (χ1v) is 10.3.